The molecule has 0 aromatic rings. The molecule has 88 valence electrons. The normalized spacial score (nSPS) is 27.1. The molecule has 1 fully saturated rings. The summed E-state index contributed by atoms with van der Waals surface area (Å²) in [5, 5.41) is 0. The van der Waals surface area contributed by atoms with Crippen LogP contribution in [0.2, 0.25) is 0 Å². The number of piperidine rings is 1. The third kappa shape index (κ3) is 3.65. The minimum absolute atomic E-state index is 0.00936. The summed E-state index contributed by atoms with van der Waals surface area (Å²) >= 11 is 5.52. The Morgan fingerprint density at radius 3 is 2.73 bits per heavy atom. The first-order valence-electron chi connectivity index (χ1n) is 5.64. The van der Waals surface area contributed by atoms with Crippen molar-refractivity contribution in [1.82, 2.24) is 4.90 Å². The number of alkyl halides is 1. The SMILES string of the molecule is CC(C)CC1CCN(C(=O)CCl)CC1N. The van der Waals surface area contributed by atoms with Gasteiger partial charge in [-0.2, -0.15) is 0 Å². The Labute approximate surface area is 96.9 Å². The second kappa shape index (κ2) is 5.71. The Balaban J connectivity index is 2.44. The lowest BCUT2D eigenvalue weighted by atomic mass is 9.85. The average Bonchev–Trinajstić information content (AvgIpc) is 2.19. The molecule has 2 unspecified atom stereocenters. The molecule has 0 radical (unpaired) electrons. The van der Waals surface area contributed by atoms with E-state index in [4.69, 9.17) is 17.3 Å². The third-order valence-electron chi connectivity index (χ3n) is 3.05. The van der Waals surface area contributed by atoms with Gasteiger partial charge in [-0.15, -0.1) is 11.6 Å². The minimum Gasteiger partial charge on any atom is -0.340 e. The maximum atomic E-state index is 11.4. The van der Waals surface area contributed by atoms with Gasteiger partial charge < -0.3 is 10.6 Å². The summed E-state index contributed by atoms with van der Waals surface area (Å²) in [6.45, 7) is 5.91. The molecule has 3 nitrogen and oxygen atoms in total. The summed E-state index contributed by atoms with van der Waals surface area (Å²) in [6.07, 6.45) is 2.17. The number of carbonyl (C=O) groups excluding carboxylic acids is 1. The van der Waals surface area contributed by atoms with Gasteiger partial charge in [0.1, 0.15) is 5.88 Å². The van der Waals surface area contributed by atoms with E-state index in [0.29, 0.717) is 18.4 Å². The van der Waals surface area contributed by atoms with Gasteiger partial charge in [-0.3, -0.25) is 4.79 Å². The Morgan fingerprint density at radius 1 is 1.60 bits per heavy atom. The summed E-state index contributed by atoms with van der Waals surface area (Å²) in [5.74, 6) is 1.32. The van der Waals surface area contributed by atoms with Crippen LogP contribution in [-0.2, 0) is 4.79 Å². The molecular formula is C11H21ClN2O. The highest BCUT2D eigenvalue weighted by Gasteiger charge is 2.28. The molecule has 1 amide bonds. The lowest BCUT2D eigenvalue weighted by molar-refractivity contribution is -0.130. The highest BCUT2D eigenvalue weighted by molar-refractivity contribution is 6.27. The van der Waals surface area contributed by atoms with E-state index in [1.807, 2.05) is 0 Å². The first-order chi connectivity index (χ1) is 7.04. The van der Waals surface area contributed by atoms with Crippen molar-refractivity contribution in [3.63, 3.8) is 0 Å². The number of halogens is 1. The second-order valence-electron chi connectivity index (χ2n) is 4.82. The van der Waals surface area contributed by atoms with Gasteiger partial charge in [-0.1, -0.05) is 13.8 Å². The summed E-state index contributed by atoms with van der Waals surface area (Å²) in [7, 11) is 0. The van der Waals surface area contributed by atoms with Gasteiger partial charge in [-0.25, -0.2) is 0 Å². The molecule has 1 aliphatic heterocycles. The molecule has 2 N–H and O–H groups in total. The van der Waals surface area contributed by atoms with E-state index >= 15 is 0 Å². The lowest BCUT2D eigenvalue weighted by Gasteiger charge is -2.37. The molecule has 4 heteroatoms. The van der Waals surface area contributed by atoms with Crippen LogP contribution in [0.15, 0.2) is 0 Å². The summed E-state index contributed by atoms with van der Waals surface area (Å²) in [4.78, 5) is 13.2. The van der Waals surface area contributed by atoms with Crippen LogP contribution >= 0.6 is 11.6 Å². The minimum atomic E-state index is 0.00936. The van der Waals surface area contributed by atoms with Crippen molar-refractivity contribution in [2.45, 2.75) is 32.7 Å². The van der Waals surface area contributed by atoms with E-state index in [1.165, 1.54) is 0 Å². The van der Waals surface area contributed by atoms with Crippen LogP contribution in [-0.4, -0.2) is 35.8 Å². The van der Waals surface area contributed by atoms with E-state index in [2.05, 4.69) is 13.8 Å². The third-order valence-corrected chi connectivity index (χ3v) is 3.28. The smallest absolute Gasteiger partial charge is 0.237 e. The standard InChI is InChI=1S/C11H21ClN2O/c1-8(2)5-9-3-4-14(7-10(9)13)11(15)6-12/h8-10H,3-7,13H2,1-2H3. The monoisotopic (exact) mass is 232 g/mol. The molecule has 15 heavy (non-hydrogen) atoms. The zero-order chi connectivity index (χ0) is 11.4. The zero-order valence-electron chi connectivity index (χ0n) is 9.58. The van der Waals surface area contributed by atoms with Gasteiger partial charge in [0.05, 0.1) is 0 Å². The van der Waals surface area contributed by atoms with Crippen molar-refractivity contribution in [3.05, 3.63) is 0 Å². The summed E-state index contributed by atoms with van der Waals surface area (Å²) in [5.41, 5.74) is 6.07. The molecule has 0 aromatic heterocycles. The average molecular weight is 233 g/mol. The molecular weight excluding hydrogens is 212 g/mol. The van der Waals surface area contributed by atoms with Gasteiger partial charge in [0.15, 0.2) is 0 Å². The Bertz CT molecular complexity index is 221. The van der Waals surface area contributed by atoms with Gasteiger partial charge >= 0.3 is 0 Å². The Kier molecular flexibility index (Phi) is 4.87. The van der Waals surface area contributed by atoms with Gasteiger partial charge in [0.25, 0.3) is 0 Å². The fourth-order valence-corrected chi connectivity index (χ4v) is 2.41. The number of rotatable bonds is 3. The van der Waals surface area contributed by atoms with E-state index in [9.17, 15) is 4.79 Å². The van der Waals surface area contributed by atoms with Crippen LogP contribution in [0.4, 0.5) is 0 Å². The number of hydrogen-bond acceptors (Lipinski definition) is 2. The first kappa shape index (κ1) is 12.8. The van der Waals surface area contributed by atoms with Crippen LogP contribution in [0.1, 0.15) is 26.7 Å². The number of nitrogens with zero attached hydrogens (tertiary/aromatic N) is 1. The Morgan fingerprint density at radius 2 is 2.27 bits per heavy atom. The van der Waals surface area contributed by atoms with Crippen molar-refractivity contribution >= 4 is 17.5 Å². The highest BCUT2D eigenvalue weighted by atomic mass is 35.5. The Hall–Kier alpha value is -0.280. The van der Waals surface area contributed by atoms with E-state index < -0.39 is 0 Å². The molecule has 2 atom stereocenters. The molecule has 0 spiro atoms. The van der Waals surface area contributed by atoms with E-state index in [-0.39, 0.29) is 17.8 Å². The van der Waals surface area contributed by atoms with Gasteiger partial charge in [0, 0.05) is 19.1 Å². The van der Waals surface area contributed by atoms with E-state index in [0.717, 1.165) is 19.4 Å². The number of likely N-dealkylation sites (tertiary alicyclic amines) is 1. The maximum Gasteiger partial charge on any atom is 0.237 e. The van der Waals surface area contributed by atoms with E-state index in [1.54, 1.807) is 4.90 Å². The fourth-order valence-electron chi connectivity index (χ4n) is 2.24. The van der Waals surface area contributed by atoms with Crippen LogP contribution < -0.4 is 5.73 Å². The predicted molar refractivity (Wildman–Crippen MR) is 62.8 cm³/mol. The van der Waals surface area contributed by atoms with Crippen molar-refractivity contribution < 1.29 is 4.79 Å². The van der Waals surface area contributed by atoms with Crippen molar-refractivity contribution in [2.75, 3.05) is 19.0 Å². The fraction of sp³-hybridized carbons (Fsp3) is 0.909. The zero-order valence-corrected chi connectivity index (χ0v) is 10.3. The number of carbonyl (C=O) groups is 1. The number of amides is 1. The van der Waals surface area contributed by atoms with Crippen LogP contribution in [0.3, 0.4) is 0 Å². The molecule has 1 saturated heterocycles. The lowest BCUT2D eigenvalue weighted by Crippen LogP contribution is -2.51. The van der Waals surface area contributed by atoms with Gasteiger partial charge in [-0.05, 0) is 24.7 Å². The van der Waals surface area contributed by atoms with Crippen molar-refractivity contribution in [2.24, 2.45) is 17.6 Å². The summed E-state index contributed by atoms with van der Waals surface area (Å²) < 4.78 is 0. The molecule has 0 bridgehead atoms. The molecule has 1 aliphatic rings. The summed E-state index contributed by atoms with van der Waals surface area (Å²) in [6, 6.07) is 0.119. The highest BCUT2D eigenvalue weighted by Crippen LogP contribution is 2.23. The predicted octanol–water partition coefficient (Wildman–Crippen LogP) is 1.45. The molecule has 0 saturated carbocycles. The molecule has 1 rings (SSSR count). The maximum absolute atomic E-state index is 11.4. The largest absolute Gasteiger partial charge is 0.340 e. The molecule has 0 aliphatic carbocycles. The molecule has 1 heterocycles. The van der Waals surface area contributed by atoms with Crippen molar-refractivity contribution in [3.8, 4) is 0 Å². The molecule has 0 aromatic carbocycles. The van der Waals surface area contributed by atoms with Crippen LogP contribution in [0.25, 0.3) is 0 Å². The van der Waals surface area contributed by atoms with Gasteiger partial charge in [0.2, 0.25) is 5.91 Å². The quantitative estimate of drug-likeness (QED) is 0.749. The first-order valence-corrected chi connectivity index (χ1v) is 6.17. The van der Waals surface area contributed by atoms with Crippen LogP contribution in [0.5, 0.6) is 0 Å². The number of nitrogens with two attached hydrogens (primary N) is 1. The van der Waals surface area contributed by atoms with Crippen LogP contribution in [0, 0.1) is 11.8 Å². The number of hydrogen-bond donors (Lipinski definition) is 1. The topological polar surface area (TPSA) is 46.3 Å². The second-order valence-corrected chi connectivity index (χ2v) is 5.08. The van der Waals surface area contributed by atoms with Crippen molar-refractivity contribution in [1.29, 1.82) is 0 Å².